The molecule has 252 valence electrons. The summed E-state index contributed by atoms with van der Waals surface area (Å²) in [5, 5.41) is 4.66. The predicted octanol–water partition coefficient (Wildman–Crippen LogP) is 8.46. The van der Waals surface area contributed by atoms with Crippen molar-refractivity contribution in [1.29, 1.82) is 0 Å². The monoisotopic (exact) mass is 670 g/mol. The van der Waals surface area contributed by atoms with Crippen LogP contribution in [0.2, 0.25) is 0 Å². The Balaban J connectivity index is 0.952. The van der Waals surface area contributed by atoms with E-state index in [0.29, 0.717) is 48.4 Å². The first-order valence-electron chi connectivity index (χ1n) is 16.1. The van der Waals surface area contributed by atoms with Crippen LogP contribution in [0, 0.1) is 0 Å². The number of ether oxygens (including phenoxy) is 6. The van der Waals surface area contributed by atoms with E-state index >= 15 is 0 Å². The van der Waals surface area contributed by atoms with Crippen LogP contribution in [0.15, 0.2) is 88.9 Å². The summed E-state index contributed by atoms with van der Waals surface area (Å²) in [4.78, 5) is 9.51. The van der Waals surface area contributed by atoms with Crippen molar-refractivity contribution >= 4 is 23.2 Å². The lowest BCUT2D eigenvalue weighted by molar-refractivity contribution is 0.0854. The Morgan fingerprint density at radius 3 is 2.10 bits per heavy atom. The van der Waals surface area contributed by atoms with Gasteiger partial charge in [0.25, 0.3) is 0 Å². The van der Waals surface area contributed by atoms with Gasteiger partial charge in [-0.2, -0.15) is 0 Å². The van der Waals surface area contributed by atoms with E-state index in [1.54, 1.807) is 28.4 Å². The van der Waals surface area contributed by atoms with Crippen LogP contribution in [0.4, 0.5) is 5.69 Å². The van der Waals surface area contributed by atoms with Crippen molar-refractivity contribution in [1.82, 2.24) is 0 Å². The molecule has 10 heteroatoms. The molecule has 2 unspecified atom stereocenters. The molecule has 0 bridgehead atoms. The lowest BCUT2D eigenvalue weighted by Crippen LogP contribution is -2.16. The zero-order valence-corrected chi connectivity index (χ0v) is 28.9. The zero-order chi connectivity index (χ0) is 33.5. The van der Waals surface area contributed by atoms with Crippen molar-refractivity contribution in [2.45, 2.75) is 42.1 Å². The lowest BCUT2D eigenvalue weighted by Gasteiger charge is -2.22. The first kappa shape index (κ1) is 33.2. The summed E-state index contributed by atoms with van der Waals surface area (Å²) in [5.41, 5.74) is 5.15. The molecule has 0 N–H and O–H groups in total. The summed E-state index contributed by atoms with van der Waals surface area (Å²) < 4.78 is 34.3. The van der Waals surface area contributed by atoms with Gasteiger partial charge in [-0.05, 0) is 78.9 Å². The highest BCUT2D eigenvalue weighted by Gasteiger charge is 2.29. The molecule has 0 fully saturated rings. The Bertz CT molecular complexity index is 1700. The number of oxime groups is 1. The summed E-state index contributed by atoms with van der Waals surface area (Å²) in [6, 6.07) is 26.7. The molecular weight excluding hydrogens is 628 g/mol. The van der Waals surface area contributed by atoms with Crippen molar-refractivity contribution in [3.63, 3.8) is 0 Å². The van der Waals surface area contributed by atoms with Crippen LogP contribution in [0.25, 0.3) is 0 Å². The maximum Gasteiger partial charge on any atom is 0.203 e. The predicted molar refractivity (Wildman–Crippen MR) is 189 cm³/mol. The number of hydrogen-bond donors (Lipinski definition) is 0. The van der Waals surface area contributed by atoms with E-state index in [2.05, 4.69) is 65.6 Å². The standard InChI is InChI=1S/C38H42N2O7S/c1-40-30-11-7-8-12-36(30)48-38(40)25-13-16-28(17-14-25)45-19-9-6-10-20-46-33-21-26(15-18-31(33)41-2)32-24-29(39-47-32)27-22-34(42-3)37(44-5)35(23-27)43-4/h7-8,11-18,21-23,32,38H,6,9-10,19-20,24H2,1-5H3. The van der Waals surface area contributed by atoms with E-state index < -0.39 is 0 Å². The van der Waals surface area contributed by atoms with Crippen molar-refractivity contribution in [3.05, 3.63) is 95.6 Å². The fraction of sp³-hybridized carbons (Fsp3) is 0.342. The van der Waals surface area contributed by atoms with Crippen molar-refractivity contribution in [2.24, 2.45) is 5.16 Å². The van der Waals surface area contributed by atoms with Crippen molar-refractivity contribution < 1.29 is 33.3 Å². The average Bonchev–Trinajstić information content (AvgIpc) is 3.76. The van der Waals surface area contributed by atoms with E-state index in [1.807, 2.05) is 42.1 Å². The van der Waals surface area contributed by atoms with Gasteiger partial charge < -0.3 is 38.2 Å². The fourth-order valence-corrected chi connectivity index (χ4v) is 7.22. The first-order valence-corrected chi connectivity index (χ1v) is 17.0. The Morgan fingerprint density at radius 1 is 0.729 bits per heavy atom. The molecule has 0 spiro atoms. The van der Waals surface area contributed by atoms with Gasteiger partial charge in [-0.1, -0.05) is 47.2 Å². The third-order valence-electron chi connectivity index (χ3n) is 8.54. The number of thioether (sulfide) groups is 1. The molecule has 6 rings (SSSR count). The van der Waals surface area contributed by atoms with Crippen LogP contribution in [0.5, 0.6) is 34.5 Å². The largest absolute Gasteiger partial charge is 0.494 e. The van der Waals surface area contributed by atoms with Gasteiger partial charge in [-0.15, -0.1) is 0 Å². The second-order valence-corrected chi connectivity index (χ2v) is 12.7. The maximum atomic E-state index is 6.17. The molecule has 2 atom stereocenters. The number of hydrogen-bond acceptors (Lipinski definition) is 10. The van der Waals surface area contributed by atoms with Crippen molar-refractivity contribution in [2.75, 3.05) is 53.6 Å². The molecule has 0 aromatic heterocycles. The van der Waals surface area contributed by atoms with E-state index in [1.165, 1.54) is 16.1 Å². The van der Waals surface area contributed by atoms with Crippen LogP contribution >= 0.6 is 11.8 Å². The van der Waals surface area contributed by atoms with E-state index in [0.717, 1.165) is 41.9 Å². The van der Waals surface area contributed by atoms with E-state index in [-0.39, 0.29) is 11.5 Å². The smallest absolute Gasteiger partial charge is 0.203 e. The summed E-state index contributed by atoms with van der Waals surface area (Å²) in [6.45, 7) is 1.23. The Kier molecular flexibility index (Phi) is 10.7. The number of unbranched alkanes of at least 4 members (excludes halogenated alkanes) is 2. The highest BCUT2D eigenvalue weighted by atomic mass is 32.2. The Labute approximate surface area is 286 Å². The highest BCUT2D eigenvalue weighted by molar-refractivity contribution is 8.00. The summed E-state index contributed by atoms with van der Waals surface area (Å²) in [6.07, 6.45) is 3.15. The minimum atomic E-state index is -0.257. The van der Waals surface area contributed by atoms with Gasteiger partial charge in [0.1, 0.15) is 11.1 Å². The van der Waals surface area contributed by atoms with Gasteiger partial charge in [0, 0.05) is 23.9 Å². The van der Waals surface area contributed by atoms with Crippen LogP contribution < -0.4 is 33.3 Å². The minimum absolute atomic E-state index is 0.257. The maximum absolute atomic E-state index is 6.17. The van der Waals surface area contributed by atoms with Crippen molar-refractivity contribution in [3.8, 4) is 34.5 Å². The van der Waals surface area contributed by atoms with Crippen LogP contribution in [0.3, 0.4) is 0 Å². The molecular formula is C38H42N2O7S. The average molecular weight is 671 g/mol. The van der Waals surface area contributed by atoms with Gasteiger partial charge in [-0.25, -0.2) is 0 Å². The van der Waals surface area contributed by atoms with Gasteiger partial charge >= 0.3 is 0 Å². The molecule has 9 nitrogen and oxygen atoms in total. The quantitative estimate of drug-likeness (QED) is 0.116. The molecule has 0 aliphatic carbocycles. The first-order chi connectivity index (χ1) is 23.5. The number of methoxy groups -OCH3 is 4. The molecule has 0 radical (unpaired) electrons. The van der Waals surface area contributed by atoms with Gasteiger partial charge in [0.15, 0.2) is 29.1 Å². The molecule has 0 saturated heterocycles. The third kappa shape index (κ3) is 7.23. The Hall–Kier alpha value is -4.70. The number of anilines is 1. The molecule has 2 aliphatic heterocycles. The summed E-state index contributed by atoms with van der Waals surface area (Å²) in [7, 11) is 8.57. The minimum Gasteiger partial charge on any atom is -0.494 e. The second kappa shape index (κ2) is 15.5. The second-order valence-electron chi connectivity index (χ2n) is 11.5. The molecule has 2 heterocycles. The van der Waals surface area contributed by atoms with E-state index in [9.17, 15) is 0 Å². The van der Waals surface area contributed by atoms with Crippen LogP contribution in [0.1, 0.15) is 53.9 Å². The van der Waals surface area contributed by atoms with Gasteiger partial charge in [0.05, 0.1) is 53.1 Å². The zero-order valence-electron chi connectivity index (χ0n) is 28.1. The molecule has 48 heavy (non-hydrogen) atoms. The normalized spacial score (nSPS) is 16.5. The van der Waals surface area contributed by atoms with Gasteiger partial charge in [-0.3, -0.25) is 0 Å². The molecule has 4 aromatic carbocycles. The highest BCUT2D eigenvalue weighted by Crippen LogP contribution is 2.50. The summed E-state index contributed by atoms with van der Waals surface area (Å²) >= 11 is 1.89. The third-order valence-corrected chi connectivity index (χ3v) is 9.95. The van der Waals surface area contributed by atoms with Gasteiger partial charge in [0.2, 0.25) is 5.75 Å². The SMILES string of the molecule is COc1ccc(C2CC(c3cc(OC)c(OC)c(OC)c3)=NO2)cc1OCCCCCOc1ccc(C2Sc3ccccc3N2C)cc1. The number of rotatable bonds is 15. The summed E-state index contributed by atoms with van der Waals surface area (Å²) in [5.74, 6) is 3.93. The lowest BCUT2D eigenvalue weighted by atomic mass is 9.99. The molecule has 2 aliphatic rings. The topological polar surface area (TPSA) is 80.2 Å². The fourth-order valence-electron chi connectivity index (χ4n) is 5.93. The number of nitrogens with zero attached hydrogens (tertiary/aromatic N) is 2. The number of fused-ring (bicyclic) bond motifs is 1. The number of para-hydroxylation sites is 1. The molecule has 0 amide bonds. The van der Waals surface area contributed by atoms with Crippen LogP contribution in [-0.2, 0) is 4.84 Å². The number of benzene rings is 4. The molecule has 0 saturated carbocycles. The Morgan fingerprint density at radius 2 is 1.42 bits per heavy atom. The molecule has 4 aromatic rings. The van der Waals surface area contributed by atoms with E-state index in [4.69, 9.17) is 33.3 Å². The van der Waals surface area contributed by atoms with Crippen LogP contribution in [-0.4, -0.2) is 54.4 Å².